The van der Waals surface area contributed by atoms with E-state index in [4.69, 9.17) is 14.7 Å². The summed E-state index contributed by atoms with van der Waals surface area (Å²) < 4.78 is 11.0. The van der Waals surface area contributed by atoms with Crippen LogP contribution in [-0.2, 0) is 11.2 Å². The van der Waals surface area contributed by atoms with Gasteiger partial charge in [0.25, 0.3) is 0 Å². The molecule has 1 unspecified atom stereocenters. The molecule has 6 heteroatoms. The molecule has 150 valence electrons. The molecule has 5 nitrogen and oxygen atoms in total. The van der Waals surface area contributed by atoms with E-state index in [0.717, 1.165) is 27.7 Å². The molecule has 0 aliphatic heterocycles. The molecule has 1 amide bonds. The zero-order valence-electron chi connectivity index (χ0n) is 16.1. The van der Waals surface area contributed by atoms with Crippen LogP contribution in [0.25, 0.3) is 0 Å². The molecule has 0 spiro atoms. The number of benzene rings is 3. The van der Waals surface area contributed by atoms with Crippen molar-refractivity contribution < 1.29 is 19.5 Å². The van der Waals surface area contributed by atoms with Crippen LogP contribution in [0.2, 0.25) is 0 Å². The normalized spacial score (nSPS) is 11.5. The van der Waals surface area contributed by atoms with Gasteiger partial charge in [-0.3, -0.25) is 10.0 Å². The average molecular weight is 410 g/mol. The highest BCUT2D eigenvalue weighted by molar-refractivity contribution is 8.00. The number of rotatable bonds is 9. The van der Waals surface area contributed by atoms with Crippen molar-refractivity contribution in [1.82, 2.24) is 5.48 Å². The van der Waals surface area contributed by atoms with E-state index in [0.29, 0.717) is 6.42 Å². The van der Waals surface area contributed by atoms with Gasteiger partial charge in [0.1, 0.15) is 17.2 Å². The van der Waals surface area contributed by atoms with Gasteiger partial charge in [0.05, 0.1) is 7.11 Å². The largest absolute Gasteiger partial charge is 0.497 e. The quantitative estimate of drug-likeness (QED) is 0.293. The van der Waals surface area contributed by atoms with Crippen molar-refractivity contribution in [3.8, 4) is 17.2 Å². The van der Waals surface area contributed by atoms with E-state index >= 15 is 0 Å². The van der Waals surface area contributed by atoms with Gasteiger partial charge in [-0.1, -0.05) is 30.3 Å². The molecule has 2 N–H and O–H groups in total. The van der Waals surface area contributed by atoms with Gasteiger partial charge < -0.3 is 9.47 Å². The minimum Gasteiger partial charge on any atom is -0.497 e. The van der Waals surface area contributed by atoms with Crippen LogP contribution in [0.3, 0.4) is 0 Å². The number of methoxy groups -OCH3 is 1. The molecule has 1 atom stereocenters. The van der Waals surface area contributed by atoms with E-state index in [1.54, 1.807) is 24.4 Å². The molecular formula is C23H23NO4S. The van der Waals surface area contributed by atoms with Crippen molar-refractivity contribution in [2.24, 2.45) is 0 Å². The summed E-state index contributed by atoms with van der Waals surface area (Å²) in [5.74, 6) is 1.92. The summed E-state index contributed by atoms with van der Waals surface area (Å²) in [5, 5.41) is 8.89. The minimum atomic E-state index is -0.403. The monoisotopic (exact) mass is 409 g/mol. The number of hydrogen-bond donors (Lipinski definition) is 2. The van der Waals surface area contributed by atoms with Crippen molar-refractivity contribution in [2.75, 3.05) is 7.11 Å². The van der Waals surface area contributed by atoms with Crippen molar-refractivity contribution in [3.05, 3.63) is 84.4 Å². The maximum Gasteiger partial charge on any atom is 0.244 e. The molecule has 29 heavy (non-hydrogen) atoms. The minimum absolute atomic E-state index is 0.0311. The molecule has 0 radical (unpaired) electrons. The maximum absolute atomic E-state index is 11.7. The van der Waals surface area contributed by atoms with E-state index in [1.807, 2.05) is 78.9 Å². The first kappa shape index (κ1) is 20.8. The summed E-state index contributed by atoms with van der Waals surface area (Å²) in [4.78, 5) is 12.8. The summed E-state index contributed by atoms with van der Waals surface area (Å²) in [7, 11) is 1.63. The Bertz CT molecular complexity index is 898. The van der Waals surface area contributed by atoms with Gasteiger partial charge >= 0.3 is 0 Å². The first-order valence-corrected chi connectivity index (χ1v) is 10.1. The molecular weight excluding hydrogens is 386 g/mol. The second-order valence-electron chi connectivity index (χ2n) is 6.42. The van der Waals surface area contributed by atoms with Crippen LogP contribution in [0.5, 0.6) is 17.2 Å². The number of hydrogen-bond acceptors (Lipinski definition) is 5. The van der Waals surface area contributed by atoms with E-state index in [2.05, 4.69) is 0 Å². The Morgan fingerprint density at radius 1 is 0.931 bits per heavy atom. The summed E-state index contributed by atoms with van der Waals surface area (Å²) >= 11 is 1.59. The second kappa shape index (κ2) is 10.5. The Balaban J connectivity index is 1.66. The zero-order chi connectivity index (χ0) is 20.5. The van der Waals surface area contributed by atoms with Crippen LogP contribution in [-0.4, -0.2) is 23.5 Å². The van der Waals surface area contributed by atoms with Gasteiger partial charge in [-0.05, 0) is 60.5 Å². The third-order valence-electron chi connectivity index (χ3n) is 4.27. The number of thioether (sulfide) groups is 1. The van der Waals surface area contributed by atoms with Crippen LogP contribution in [0.4, 0.5) is 0 Å². The smallest absolute Gasteiger partial charge is 0.244 e. The molecule has 0 aliphatic rings. The predicted octanol–water partition coefficient (Wildman–Crippen LogP) is 5.09. The molecule has 0 heterocycles. The van der Waals surface area contributed by atoms with Gasteiger partial charge in [0.15, 0.2) is 0 Å². The average Bonchev–Trinajstić information content (AvgIpc) is 2.76. The zero-order valence-corrected chi connectivity index (χ0v) is 16.9. The third-order valence-corrected chi connectivity index (χ3v) is 5.48. The third kappa shape index (κ3) is 6.55. The Hall–Kier alpha value is -2.96. The highest BCUT2D eigenvalue weighted by atomic mass is 32.2. The number of carbonyl (C=O) groups is 1. The van der Waals surface area contributed by atoms with E-state index < -0.39 is 5.91 Å². The second-order valence-corrected chi connectivity index (χ2v) is 7.79. The van der Waals surface area contributed by atoms with Crippen molar-refractivity contribution in [1.29, 1.82) is 0 Å². The number of carbonyl (C=O) groups excluding carboxylic acids is 1. The molecule has 0 saturated carbocycles. The van der Waals surface area contributed by atoms with Crippen LogP contribution < -0.4 is 15.0 Å². The Kier molecular flexibility index (Phi) is 7.55. The molecule has 3 aromatic rings. The van der Waals surface area contributed by atoms with Crippen LogP contribution in [0.15, 0.2) is 83.8 Å². The highest BCUT2D eigenvalue weighted by Crippen LogP contribution is 2.30. The fourth-order valence-corrected chi connectivity index (χ4v) is 4.02. The Morgan fingerprint density at radius 2 is 1.55 bits per heavy atom. The number of hydroxylamine groups is 1. The van der Waals surface area contributed by atoms with Crippen molar-refractivity contribution in [3.63, 3.8) is 0 Å². The standard InChI is InChI=1S/C23H23NO4S/c1-27-18-11-13-21(14-12-18)29-22(16-23(25)24-26)15-17-7-9-20(10-8-17)28-19-5-3-2-4-6-19/h2-14,22,26H,15-16H2,1H3,(H,24,25). The first-order chi connectivity index (χ1) is 14.2. The lowest BCUT2D eigenvalue weighted by atomic mass is 10.1. The summed E-state index contributed by atoms with van der Waals surface area (Å²) in [6, 6.07) is 25.1. The number of ether oxygens (including phenoxy) is 2. The van der Waals surface area contributed by atoms with Gasteiger partial charge in [0, 0.05) is 16.6 Å². The molecule has 0 aliphatic carbocycles. The lowest BCUT2D eigenvalue weighted by molar-refractivity contribution is -0.129. The summed E-state index contributed by atoms with van der Waals surface area (Å²) in [6.07, 6.45) is 0.880. The number of amides is 1. The summed E-state index contributed by atoms with van der Waals surface area (Å²) in [5.41, 5.74) is 2.81. The molecule has 0 bridgehead atoms. The van der Waals surface area contributed by atoms with Crippen molar-refractivity contribution >= 4 is 17.7 Å². The number of nitrogens with one attached hydrogen (secondary N) is 1. The van der Waals surface area contributed by atoms with Gasteiger partial charge in [-0.15, -0.1) is 11.8 Å². The lowest BCUT2D eigenvalue weighted by Gasteiger charge is -2.16. The van der Waals surface area contributed by atoms with Gasteiger partial charge in [0.2, 0.25) is 5.91 Å². The van der Waals surface area contributed by atoms with Gasteiger partial charge in [-0.25, -0.2) is 5.48 Å². The van der Waals surface area contributed by atoms with Gasteiger partial charge in [-0.2, -0.15) is 0 Å². The van der Waals surface area contributed by atoms with E-state index in [1.165, 1.54) is 0 Å². The Labute approximate surface area is 174 Å². The molecule has 3 aromatic carbocycles. The predicted molar refractivity (Wildman–Crippen MR) is 114 cm³/mol. The molecule has 0 aromatic heterocycles. The maximum atomic E-state index is 11.7. The topological polar surface area (TPSA) is 67.8 Å². The SMILES string of the molecule is COc1ccc(SC(CC(=O)NO)Cc2ccc(Oc3ccccc3)cc2)cc1. The van der Waals surface area contributed by atoms with E-state index in [-0.39, 0.29) is 11.7 Å². The van der Waals surface area contributed by atoms with E-state index in [9.17, 15) is 4.79 Å². The van der Waals surface area contributed by atoms with Crippen LogP contribution in [0, 0.1) is 0 Å². The molecule has 3 rings (SSSR count). The number of para-hydroxylation sites is 1. The van der Waals surface area contributed by atoms with Crippen molar-refractivity contribution in [2.45, 2.75) is 23.0 Å². The highest BCUT2D eigenvalue weighted by Gasteiger charge is 2.16. The van der Waals surface area contributed by atoms with Crippen LogP contribution >= 0.6 is 11.8 Å². The lowest BCUT2D eigenvalue weighted by Crippen LogP contribution is -2.24. The Morgan fingerprint density at radius 3 is 2.17 bits per heavy atom. The molecule has 0 saturated heterocycles. The fraction of sp³-hybridized carbons (Fsp3) is 0.174. The summed E-state index contributed by atoms with van der Waals surface area (Å²) in [6.45, 7) is 0. The first-order valence-electron chi connectivity index (χ1n) is 9.22. The van der Waals surface area contributed by atoms with Crippen LogP contribution in [0.1, 0.15) is 12.0 Å². The molecule has 0 fully saturated rings. The fourth-order valence-electron chi connectivity index (χ4n) is 2.84.